The summed E-state index contributed by atoms with van der Waals surface area (Å²) in [5.41, 5.74) is 2.88. The first kappa shape index (κ1) is 19.0. The van der Waals surface area contributed by atoms with Gasteiger partial charge in [-0.25, -0.2) is 0 Å². The Labute approximate surface area is 153 Å². The number of amides is 1. The molecular formula is C20H22ClNO3. The first-order valence-electron chi connectivity index (χ1n) is 8.21. The maximum atomic E-state index is 12.1. The Bertz CT molecular complexity index is 741. The van der Waals surface area contributed by atoms with Crippen LogP contribution in [-0.4, -0.2) is 24.8 Å². The molecule has 2 aromatic carbocycles. The molecule has 0 heterocycles. The van der Waals surface area contributed by atoms with Gasteiger partial charge in [-0.3, -0.25) is 9.59 Å². The molecule has 0 bridgehead atoms. The highest BCUT2D eigenvalue weighted by Crippen LogP contribution is 2.15. The SMILES string of the molecule is Cc1ccc(C(=O)CCC(=O)NCCOc2ccc(Cl)cc2)cc1C. The first-order valence-corrected chi connectivity index (χ1v) is 8.59. The maximum absolute atomic E-state index is 12.1. The molecule has 0 aromatic heterocycles. The molecule has 1 amide bonds. The summed E-state index contributed by atoms with van der Waals surface area (Å²) in [6.45, 7) is 4.72. The van der Waals surface area contributed by atoms with E-state index < -0.39 is 0 Å². The molecule has 0 radical (unpaired) electrons. The van der Waals surface area contributed by atoms with E-state index in [9.17, 15) is 9.59 Å². The molecule has 0 fully saturated rings. The van der Waals surface area contributed by atoms with Gasteiger partial charge in [-0.1, -0.05) is 23.7 Å². The molecule has 1 N–H and O–H groups in total. The van der Waals surface area contributed by atoms with Gasteiger partial charge in [0, 0.05) is 23.4 Å². The average Bonchev–Trinajstić information content (AvgIpc) is 2.60. The minimum absolute atomic E-state index is 0.0179. The lowest BCUT2D eigenvalue weighted by molar-refractivity contribution is -0.121. The van der Waals surface area contributed by atoms with Crippen molar-refractivity contribution >= 4 is 23.3 Å². The van der Waals surface area contributed by atoms with Gasteiger partial charge in [0.1, 0.15) is 12.4 Å². The second-order valence-electron chi connectivity index (χ2n) is 5.87. The molecule has 4 nitrogen and oxygen atoms in total. The third-order valence-electron chi connectivity index (χ3n) is 3.91. The molecule has 0 unspecified atom stereocenters. The second kappa shape index (κ2) is 9.23. The summed E-state index contributed by atoms with van der Waals surface area (Å²) in [7, 11) is 0. The molecule has 0 atom stereocenters. The van der Waals surface area contributed by atoms with Gasteiger partial charge in [-0.2, -0.15) is 0 Å². The zero-order valence-corrected chi connectivity index (χ0v) is 15.2. The summed E-state index contributed by atoms with van der Waals surface area (Å²) in [4.78, 5) is 24.0. The van der Waals surface area contributed by atoms with Crippen molar-refractivity contribution in [2.45, 2.75) is 26.7 Å². The van der Waals surface area contributed by atoms with Crippen LogP contribution < -0.4 is 10.1 Å². The number of benzene rings is 2. The minimum Gasteiger partial charge on any atom is -0.492 e. The van der Waals surface area contributed by atoms with E-state index in [4.69, 9.17) is 16.3 Å². The number of aryl methyl sites for hydroxylation is 2. The van der Waals surface area contributed by atoms with E-state index in [-0.39, 0.29) is 24.5 Å². The molecule has 0 aliphatic heterocycles. The van der Waals surface area contributed by atoms with E-state index >= 15 is 0 Å². The lowest BCUT2D eigenvalue weighted by atomic mass is 10.0. The summed E-state index contributed by atoms with van der Waals surface area (Å²) in [6.07, 6.45) is 0.374. The van der Waals surface area contributed by atoms with Crippen molar-refractivity contribution in [3.8, 4) is 5.75 Å². The zero-order chi connectivity index (χ0) is 18.2. The van der Waals surface area contributed by atoms with E-state index in [0.29, 0.717) is 29.5 Å². The van der Waals surface area contributed by atoms with Crippen molar-refractivity contribution in [1.29, 1.82) is 0 Å². The van der Waals surface area contributed by atoms with Crippen LogP contribution in [0, 0.1) is 13.8 Å². The number of carbonyl (C=O) groups is 2. The van der Waals surface area contributed by atoms with Gasteiger partial charge < -0.3 is 10.1 Å². The lowest BCUT2D eigenvalue weighted by Gasteiger charge is -2.08. The predicted octanol–water partition coefficient (Wildman–Crippen LogP) is 4.11. The number of hydrogen-bond acceptors (Lipinski definition) is 3. The van der Waals surface area contributed by atoms with Crippen molar-refractivity contribution in [2.75, 3.05) is 13.2 Å². The van der Waals surface area contributed by atoms with Crippen molar-refractivity contribution in [1.82, 2.24) is 5.32 Å². The topological polar surface area (TPSA) is 55.4 Å². The van der Waals surface area contributed by atoms with Crippen molar-refractivity contribution in [2.24, 2.45) is 0 Å². The fraction of sp³-hybridized carbons (Fsp3) is 0.300. The Kier molecular flexibility index (Phi) is 7.02. The van der Waals surface area contributed by atoms with E-state index in [1.807, 2.05) is 32.0 Å². The summed E-state index contributed by atoms with van der Waals surface area (Å²) in [5, 5.41) is 3.40. The van der Waals surface area contributed by atoms with Gasteiger partial charge in [0.05, 0.1) is 6.54 Å². The van der Waals surface area contributed by atoms with Crippen LogP contribution in [0.5, 0.6) is 5.75 Å². The van der Waals surface area contributed by atoms with Gasteiger partial charge >= 0.3 is 0 Å². The average molecular weight is 360 g/mol. The normalized spacial score (nSPS) is 10.4. The molecule has 0 spiro atoms. The highest BCUT2D eigenvalue weighted by atomic mass is 35.5. The van der Waals surface area contributed by atoms with Crippen LogP contribution in [0.4, 0.5) is 0 Å². The van der Waals surface area contributed by atoms with E-state index in [1.165, 1.54) is 0 Å². The van der Waals surface area contributed by atoms with Crippen LogP contribution in [0.15, 0.2) is 42.5 Å². The molecule has 0 aliphatic rings. The van der Waals surface area contributed by atoms with Crippen LogP contribution >= 0.6 is 11.6 Å². The standard InChI is InChI=1S/C20H22ClNO3/c1-14-3-4-16(13-15(14)2)19(23)9-10-20(24)22-11-12-25-18-7-5-17(21)6-8-18/h3-8,13H,9-12H2,1-2H3,(H,22,24). The molecule has 0 saturated carbocycles. The summed E-state index contributed by atoms with van der Waals surface area (Å²) >= 11 is 5.80. The Morgan fingerprint density at radius 2 is 1.72 bits per heavy atom. The van der Waals surface area contributed by atoms with Crippen LogP contribution in [0.3, 0.4) is 0 Å². The summed E-state index contributed by atoms with van der Waals surface area (Å²) < 4.78 is 5.49. The number of ether oxygens (including phenoxy) is 1. The fourth-order valence-electron chi connectivity index (χ4n) is 2.26. The Balaban J connectivity index is 1.67. The number of halogens is 1. The van der Waals surface area contributed by atoms with Crippen LogP contribution in [0.1, 0.15) is 34.3 Å². The summed E-state index contributed by atoms with van der Waals surface area (Å²) in [6, 6.07) is 12.6. The van der Waals surface area contributed by atoms with Gasteiger partial charge in [-0.15, -0.1) is 0 Å². The van der Waals surface area contributed by atoms with Crippen LogP contribution in [-0.2, 0) is 4.79 Å². The lowest BCUT2D eigenvalue weighted by Crippen LogP contribution is -2.28. The molecular weight excluding hydrogens is 338 g/mol. The highest BCUT2D eigenvalue weighted by molar-refractivity contribution is 6.30. The van der Waals surface area contributed by atoms with Gasteiger partial charge in [0.2, 0.25) is 5.91 Å². The molecule has 132 valence electrons. The first-order chi connectivity index (χ1) is 12.0. The Hall–Kier alpha value is -2.33. The molecule has 5 heteroatoms. The predicted molar refractivity (Wildman–Crippen MR) is 99.4 cm³/mol. The van der Waals surface area contributed by atoms with E-state index in [1.54, 1.807) is 24.3 Å². The van der Waals surface area contributed by atoms with Crippen molar-refractivity contribution in [3.63, 3.8) is 0 Å². The highest BCUT2D eigenvalue weighted by Gasteiger charge is 2.10. The number of Topliss-reactive ketones (excluding diaryl/α,β-unsaturated/α-hetero) is 1. The third-order valence-corrected chi connectivity index (χ3v) is 4.17. The van der Waals surface area contributed by atoms with Gasteiger partial charge in [-0.05, 0) is 55.3 Å². The number of rotatable bonds is 8. The van der Waals surface area contributed by atoms with Crippen LogP contribution in [0.2, 0.25) is 5.02 Å². The third kappa shape index (κ3) is 6.24. The zero-order valence-electron chi connectivity index (χ0n) is 14.5. The monoisotopic (exact) mass is 359 g/mol. The van der Waals surface area contributed by atoms with E-state index in [0.717, 1.165) is 11.1 Å². The number of hydrogen-bond donors (Lipinski definition) is 1. The Morgan fingerprint density at radius 3 is 2.40 bits per heavy atom. The van der Waals surface area contributed by atoms with Crippen molar-refractivity contribution < 1.29 is 14.3 Å². The maximum Gasteiger partial charge on any atom is 0.220 e. The van der Waals surface area contributed by atoms with Gasteiger partial charge in [0.15, 0.2) is 5.78 Å². The van der Waals surface area contributed by atoms with Crippen molar-refractivity contribution in [3.05, 3.63) is 64.2 Å². The fourth-order valence-corrected chi connectivity index (χ4v) is 2.39. The Morgan fingerprint density at radius 1 is 1.00 bits per heavy atom. The van der Waals surface area contributed by atoms with Gasteiger partial charge in [0.25, 0.3) is 0 Å². The number of ketones is 1. The second-order valence-corrected chi connectivity index (χ2v) is 6.31. The molecule has 2 rings (SSSR count). The minimum atomic E-state index is -0.156. The van der Waals surface area contributed by atoms with Crippen LogP contribution in [0.25, 0.3) is 0 Å². The molecule has 2 aromatic rings. The number of carbonyl (C=O) groups excluding carboxylic acids is 2. The molecule has 0 saturated heterocycles. The smallest absolute Gasteiger partial charge is 0.220 e. The number of nitrogens with one attached hydrogen (secondary N) is 1. The molecule has 0 aliphatic carbocycles. The largest absolute Gasteiger partial charge is 0.492 e. The van der Waals surface area contributed by atoms with E-state index in [2.05, 4.69) is 5.32 Å². The summed E-state index contributed by atoms with van der Waals surface area (Å²) in [5.74, 6) is 0.524. The molecule has 25 heavy (non-hydrogen) atoms. The quantitative estimate of drug-likeness (QED) is 0.570.